The molecule has 2 fully saturated rings. The van der Waals surface area contributed by atoms with Crippen molar-refractivity contribution in [1.82, 2.24) is 15.1 Å². The summed E-state index contributed by atoms with van der Waals surface area (Å²) >= 11 is 0. The monoisotopic (exact) mass is 503 g/mol. The summed E-state index contributed by atoms with van der Waals surface area (Å²) in [4.78, 5) is 53.5. The standard InChI is InChI=1S/C29H30FN3O4/c30-24-15-23-19(16-33(29(23)37)25-8-9-26(34)31-27(25)35)14-22(24)18-10-12-32(13-11-18)28(36)21-7-3-5-17-4-1-2-6-20(17)21/h3,5,7,14-15,18,25H,1-2,4,6,8-13,16H2,(H,31,34,35). The van der Waals surface area contributed by atoms with Crippen LogP contribution in [-0.4, -0.2) is 52.6 Å². The average molecular weight is 504 g/mol. The number of carbonyl (C=O) groups is 4. The van der Waals surface area contributed by atoms with Gasteiger partial charge in [-0.2, -0.15) is 0 Å². The van der Waals surface area contributed by atoms with Gasteiger partial charge in [0.05, 0.1) is 0 Å². The number of hydrogen-bond acceptors (Lipinski definition) is 4. The second-order valence-electron chi connectivity index (χ2n) is 10.6. The molecule has 4 aliphatic rings. The van der Waals surface area contributed by atoms with Crippen molar-refractivity contribution >= 4 is 23.6 Å². The van der Waals surface area contributed by atoms with E-state index in [0.717, 1.165) is 24.8 Å². The first-order valence-corrected chi connectivity index (χ1v) is 13.3. The topological polar surface area (TPSA) is 86.8 Å². The molecule has 0 saturated carbocycles. The molecule has 2 aromatic carbocycles. The number of rotatable bonds is 3. The molecule has 6 rings (SSSR count). The summed E-state index contributed by atoms with van der Waals surface area (Å²) in [7, 11) is 0. The average Bonchev–Trinajstić information content (AvgIpc) is 3.22. The summed E-state index contributed by atoms with van der Waals surface area (Å²) in [5.41, 5.74) is 4.85. The van der Waals surface area contributed by atoms with E-state index in [2.05, 4.69) is 11.4 Å². The van der Waals surface area contributed by atoms with Crippen LogP contribution < -0.4 is 5.32 Å². The first-order chi connectivity index (χ1) is 17.9. The van der Waals surface area contributed by atoms with Gasteiger partial charge in [-0.1, -0.05) is 18.2 Å². The predicted molar refractivity (Wildman–Crippen MR) is 133 cm³/mol. The summed E-state index contributed by atoms with van der Waals surface area (Å²) in [6, 6.07) is 8.38. The van der Waals surface area contributed by atoms with E-state index in [1.54, 1.807) is 6.07 Å². The van der Waals surface area contributed by atoms with Crippen molar-refractivity contribution in [2.75, 3.05) is 13.1 Å². The number of nitrogens with one attached hydrogen (secondary N) is 1. The van der Waals surface area contributed by atoms with Crippen LogP contribution in [0.1, 0.15) is 87.4 Å². The summed E-state index contributed by atoms with van der Waals surface area (Å²) in [6.07, 6.45) is 6.01. The van der Waals surface area contributed by atoms with E-state index in [9.17, 15) is 19.2 Å². The molecule has 2 saturated heterocycles. The maximum Gasteiger partial charge on any atom is 0.255 e. The van der Waals surface area contributed by atoms with Crippen LogP contribution in [0.4, 0.5) is 4.39 Å². The van der Waals surface area contributed by atoms with Gasteiger partial charge in [0.1, 0.15) is 11.9 Å². The summed E-state index contributed by atoms with van der Waals surface area (Å²) in [5.74, 6) is -1.58. The minimum absolute atomic E-state index is 0.0428. The van der Waals surface area contributed by atoms with Crippen molar-refractivity contribution in [2.45, 2.75) is 69.9 Å². The molecule has 8 heteroatoms. The number of nitrogens with zero attached hydrogens (tertiary/aromatic N) is 2. The highest BCUT2D eigenvalue weighted by Crippen LogP contribution is 2.36. The van der Waals surface area contributed by atoms with Gasteiger partial charge in [-0.15, -0.1) is 0 Å². The van der Waals surface area contributed by atoms with Crippen molar-refractivity contribution in [3.63, 3.8) is 0 Å². The molecule has 0 radical (unpaired) electrons. The maximum atomic E-state index is 15.2. The van der Waals surface area contributed by atoms with E-state index in [4.69, 9.17) is 0 Å². The van der Waals surface area contributed by atoms with Crippen LogP contribution in [0.2, 0.25) is 0 Å². The normalized spacial score (nSPS) is 22.1. The third-order valence-electron chi connectivity index (χ3n) is 8.49. The van der Waals surface area contributed by atoms with Crippen LogP contribution in [0.25, 0.3) is 0 Å². The number of likely N-dealkylation sites (tertiary alicyclic amines) is 1. The fourth-order valence-corrected chi connectivity index (χ4v) is 6.47. The Balaban J connectivity index is 1.16. The van der Waals surface area contributed by atoms with Crippen molar-refractivity contribution in [3.05, 3.63) is 69.5 Å². The summed E-state index contributed by atoms with van der Waals surface area (Å²) in [5, 5.41) is 2.29. The molecule has 1 aliphatic carbocycles. The molecule has 192 valence electrons. The van der Waals surface area contributed by atoms with E-state index in [-0.39, 0.29) is 48.6 Å². The van der Waals surface area contributed by atoms with Crippen LogP contribution in [0.3, 0.4) is 0 Å². The highest BCUT2D eigenvalue weighted by Gasteiger charge is 2.40. The van der Waals surface area contributed by atoms with E-state index < -0.39 is 17.8 Å². The number of amides is 4. The largest absolute Gasteiger partial charge is 0.339 e. The Hall–Kier alpha value is -3.55. The number of imide groups is 1. The zero-order valence-corrected chi connectivity index (χ0v) is 20.7. The molecule has 0 aromatic heterocycles. The van der Waals surface area contributed by atoms with E-state index in [1.807, 2.05) is 17.0 Å². The van der Waals surface area contributed by atoms with E-state index in [0.29, 0.717) is 37.1 Å². The molecule has 0 bridgehead atoms. The lowest BCUT2D eigenvalue weighted by atomic mass is 9.86. The van der Waals surface area contributed by atoms with Crippen molar-refractivity contribution in [1.29, 1.82) is 0 Å². The highest BCUT2D eigenvalue weighted by molar-refractivity contribution is 6.05. The lowest BCUT2D eigenvalue weighted by Crippen LogP contribution is -2.52. The van der Waals surface area contributed by atoms with Gasteiger partial charge >= 0.3 is 0 Å². The molecule has 3 aliphatic heterocycles. The van der Waals surface area contributed by atoms with Crippen molar-refractivity contribution in [3.8, 4) is 0 Å². The molecular weight excluding hydrogens is 473 g/mol. The number of benzene rings is 2. The van der Waals surface area contributed by atoms with Gasteiger partial charge in [0, 0.05) is 37.2 Å². The second kappa shape index (κ2) is 9.39. The zero-order valence-electron chi connectivity index (χ0n) is 20.7. The molecule has 37 heavy (non-hydrogen) atoms. The van der Waals surface area contributed by atoms with Crippen LogP contribution in [0, 0.1) is 5.82 Å². The Morgan fingerprint density at radius 1 is 0.946 bits per heavy atom. The molecule has 3 heterocycles. The minimum atomic E-state index is -0.720. The number of piperidine rings is 2. The molecule has 1 N–H and O–H groups in total. The fourth-order valence-electron chi connectivity index (χ4n) is 6.47. The number of fused-ring (bicyclic) bond motifs is 2. The Kier molecular flexibility index (Phi) is 6.05. The summed E-state index contributed by atoms with van der Waals surface area (Å²) < 4.78 is 15.2. The smallest absolute Gasteiger partial charge is 0.255 e. The molecule has 1 atom stereocenters. The first kappa shape index (κ1) is 23.8. The number of carbonyl (C=O) groups excluding carboxylic acids is 4. The third-order valence-corrected chi connectivity index (χ3v) is 8.49. The Labute approximate surface area is 215 Å². The van der Waals surface area contributed by atoms with E-state index in [1.165, 1.54) is 28.5 Å². The number of halogens is 1. The van der Waals surface area contributed by atoms with Crippen molar-refractivity contribution in [2.24, 2.45) is 0 Å². The van der Waals surface area contributed by atoms with Crippen LogP contribution in [0.5, 0.6) is 0 Å². The molecule has 1 unspecified atom stereocenters. The Morgan fingerprint density at radius 3 is 2.51 bits per heavy atom. The van der Waals surface area contributed by atoms with Gasteiger partial charge in [-0.05, 0) is 85.3 Å². The van der Waals surface area contributed by atoms with Gasteiger partial charge in [0.2, 0.25) is 11.8 Å². The van der Waals surface area contributed by atoms with E-state index >= 15 is 4.39 Å². The summed E-state index contributed by atoms with van der Waals surface area (Å²) in [6.45, 7) is 1.35. The maximum absolute atomic E-state index is 15.2. The first-order valence-electron chi connectivity index (χ1n) is 13.3. The van der Waals surface area contributed by atoms with Gasteiger partial charge < -0.3 is 9.80 Å². The second-order valence-corrected chi connectivity index (χ2v) is 10.6. The minimum Gasteiger partial charge on any atom is -0.339 e. The van der Waals surface area contributed by atoms with Gasteiger partial charge in [0.25, 0.3) is 11.8 Å². The third kappa shape index (κ3) is 4.22. The molecule has 7 nitrogen and oxygen atoms in total. The molecule has 0 spiro atoms. The molecule has 4 amide bonds. The van der Waals surface area contributed by atoms with Crippen LogP contribution >= 0.6 is 0 Å². The zero-order chi connectivity index (χ0) is 25.7. The predicted octanol–water partition coefficient (Wildman–Crippen LogP) is 3.49. The molecule has 2 aromatic rings. The van der Waals surface area contributed by atoms with Gasteiger partial charge in [-0.25, -0.2) is 4.39 Å². The lowest BCUT2D eigenvalue weighted by Gasteiger charge is -2.33. The van der Waals surface area contributed by atoms with Crippen LogP contribution in [0.15, 0.2) is 30.3 Å². The van der Waals surface area contributed by atoms with Gasteiger partial charge in [-0.3, -0.25) is 24.5 Å². The Bertz CT molecular complexity index is 1310. The number of hydrogen-bond donors (Lipinski definition) is 1. The number of aryl methyl sites for hydroxylation is 1. The molecular formula is C29H30FN3O4. The SMILES string of the molecule is O=C1CCC(N2Cc3cc(C4CCN(C(=O)c5cccc6c5CCCC6)CC4)c(F)cc3C2=O)C(=O)N1. The van der Waals surface area contributed by atoms with Crippen molar-refractivity contribution < 1.29 is 23.6 Å². The highest BCUT2D eigenvalue weighted by atomic mass is 19.1. The quantitative estimate of drug-likeness (QED) is 0.650. The lowest BCUT2D eigenvalue weighted by molar-refractivity contribution is -0.136. The van der Waals surface area contributed by atoms with Crippen LogP contribution in [-0.2, 0) is 29.0 Å². The Morgan fingerprint density at radius 2 is 1.73 bits per heavy atom. The van der Waals surface area contributed by atoms with Gasteiger partial charge in [0.15, 0.2) is 0 Å². The fraction of sp³-hybridized carbons (Fsp3) is 0.448.